The van der Waals surface area contributed by atoms with E-state index in [1.165, 1.54) is 6.20 Å². The molecule has 0 bridgehead atoms. The quantitative estimate of drug-likeness (QED) is 0.698. The molecular weight excluding hydrogens is 200 g/mol. The lowest BCUT2D eigenvalue weighted by molar-refractivity contribution is -0.152. The van der Waals surface area contributed by atoms with Crippen LogP contribution in [-0.4, -0.2) is 38.9 Å². The van der Waals surface area contributed by atoms with Gasteiger partial charge in [0, 0.05) is 6.54 Å². The van der Waals surface area contributed by atoms with Gasteiger partial charge in [0.25, 0.3) is 0 Å². The fourth-order valence-electron chi connectivity index (χ4n) is 1.27. The zero-order valence-electron chi connectivity index (χ0n) is 8.46. The van der Waals surface area contributed by atoms with Crippen molar-refractivity contribution in [3.8, 4) is 0 Å². The van der Waals surface area contributed by atoms with Crippen molar-refractivity contribution in [1.82, 2.24) is 9.55 Å². The van der Waals surface area contributed by atoms with Crippen molar-refractivity contribution in [2.75, 3.05) is 13.2 Å². The molecule has 1 atom stereocenters. The Hall–Kier alpha value is -1.40. The number of aliphatic hydroxyl groups excluding tert-OH is 1. The molecule has 2 N–H and O–H groups in total. The molecule has 84 valence electrons. The van der Waals surface area contributed by atoms with Gasteiger partial charge in [0.1, 0.15) is 0 Å². The van der Waals surface area contributed by atoms with Gasteiger partial charge in [-0.2, -0.15) is 0 Å². The largest absolute Gasteiger partial charge is 0.479 e. The van der Waals surface area contributed by atoms with Crippen LogP contribution in [0.5, 0.6) is 0 Å². The van der Waals surface area contributed by atoms with Gasteiger partial charge in [0.2, 0.25) is 0 Å². The maximum Gasteiger partial charge on any atom is 0.339 e. The van der Waals surface area contributed by atoms with E-state index in [1.807, 2.05) is 6.92 Å². The van der Waals surface area contributed by atoms with Crippen molar-refractivity contribution in [1.29, 1.82) is 0 Å². The molecule has 1 rings (SSSR count). The lowest BCUT2D eigenvalue weighted by Crippen LogP contribution is -2.20. The molecule has 0 aliphatic heterocycles. The van der Waals surface area contributed by atoms with Crippen molar-refractivity contribution in [3.05, 3.63) is 18.2 Å². The van der Waals surface area contributed by atoms with Crippen molar-refractivity contribution < 1.29 is 19.7 Å². The first kappa shape index (κ1) is 11.7. The Kier molecular flexibility index (Phi) is 4.26. The van der Waals surface area contributed by atoms with E-state index in [1.54, 1.807) is 10.9 Å². The number of imidazole rings is 1. The highest BCUT2D eigenvalue weighted by Gasteiger charge is 2.23. The van der Waals surface area contributed by atoms with Gasteiger partial charge in [-0.3, -0.25) is 0 Å². The SMILES string of the molecule is CCn1cncc1C(OCCO)C(=O)O. The summed E-state index contributed by atoms with van der Waals surface area (Å²) in [5.41, 5.74) is 0.485. The summed E-state index contributed by atoms with van der Waals surface area (Å²) >= 11 is 0. The maximum absolute atomic E-state index is 10.9. The second-order valence-corrected chi connectivity index (χ2v) is 2.92. The average Bonchev–Trinajstić information content (AvgIpc) is 2.66. The lowest BCUT2D eigenvalue weighted by atomic mass is 10.2. The zero-order valence-corrected chi connectivity index (χ0v) is 8.46. The van der Waals surface area contributed by atoms with Gasteiger partial charge in [0.05, 0.1) is 31.4 Å². The molecular formula is C9H14N2O4. The van der Waals surface area contributed by atoms with E-state index in [0.29, 0.717) is 12.2 Å². The molecule has 1 heterocycles. The van der Waals surface area contributed by atoms with E-state index in [-0.39, 0.29) is 13.2 Å². The summed E-state index contributed by atoms with van der Waals surface area (Å²) in [6, 6.07) is 0. The van der Waals surface area contributed by atoms with Gasteiger partial charge < -0.3 is 19.5 Å². The minimum absolute atomic E-state index is 0.00807. The van der Waals surface area contributed by atoms with Crippen molar-refractivity contribution >= 4 is 5.97 Å². The van der Waals surface area contributed by atoms with Crippen LogP contribution in [0.15, 0.2) is 12.5 Å². The molecule has 1 aromatic rings. The van der Waals surface area contributed by atoms with Gasteiger partial charge in [-0.15, -0.1) is 0 Å². The second kappa shape index (κ2) is 5.47. The number of carbonyl (C=O) groups is 1. The fourth-order valence-corrected chi connectivity index (χ4v) is 1.27. The van der Waals surface area contributed by atoms with E-state index >= 15 is 0 Å². The first-order chi connectivity index (χ1) is 7.20. The van der Waals surface area contributed by atoms with Crippen LogP contribution in [0, 0.1) is 0 Å². The fraction of sp³-hybridized carbons (Fsp3) is 0.556. The Bertz CT molecular complexity index is 324. The highest BCUT2D eigenvalue weighted by molar-refractivity contribution is 5.73. The summed E-state index contributed by atoms with van der Waals surface area (Å²) in [5.74, 6) is -1.08. The Morgan fingerprint density at radius 2 is 2.47 bits per heavy atom. The maximum atomic E-state index is 10.9. The third kappa shape index (κ3) is 2.77. The van der Waals surface area contributed by atoms with Crippen LogP contribution in [0.3, 0.4) is 0 Å². The topological polar surface area (TPSA) is 84.6 Å². The minimum Gasteiger partial charge on any atom is -0.479 e. The number of aliphatic carboxylic acids is 1. The van der Waals surface area contributed by atoms with Crippen LogP contribution in [0.1, 0.15) is 18.7 Å². The third-order valence-electron chi connectivity index (χ3n) is 1.95. The van der Waals surface area contributed by atoms with E-state index in [2.05, 4.69) is 4.98 Å². The molecule has 0 saturated heterocycles. The van der Waals surface area contributed by atoms with Crippen molar-refractivity contribution in [2.45, 2.75) is 19.6 Å². The van der Waals surface area contributed by atoms with Gasteiger partial charge in [-0.05, 0) is 6.92 Å². The van der Waals surface area contributed by atoms with Gasteiger partial charge >= 0.3 is 5.97 Å². The highest BCUT2D eigenvalue weighted by Crippen LogP contribution is 2.17. The third-order valence-corrected chi connectivity index (χ3v) is 1.95. The first-order valence-electron chi connectivity index (χ1n) is 4.66. The summed E-state index contributed by atoms with van der Waals surface area (Å²) < 4.78 is 6.72. The number of rotatable bonds is 6. The Labute approximate surface area is 87.1 Å². The molecule has 6 nitrogen and oxygen atoms in total. The van der Waals surface area contributed by atoms with Crippen LogP contribution in [0.2, 0.25) is 0 Å². The number of ether oxygens (including phenoxy) is 1. The van der Waals surface area contributed by atoms with Gasteiger partial charge in [0.15, 0.2) is 6.10 Å². The van der Waals surface area contributed by atoms with Gasteiger partial charge in [-0.1, -0.05) is 0 Å². The number of nitrogens with zero attached hydrogens (tertiary/aromatic N) is 2. The van der Waals surface area contributed by atoms with E-state index in [0.717, 1.165) is 0 Å². The van der Waals surface area contributed by atoms with Crippen LogP contribution < -0.4 is 0 Å². The average molecular weight is 214 g/mol. The molecule has 0 amide bonds. The van der Waals surface area contributed by atoms with E-state index < -0.39 is 12.1 Å². The number of hydrogen-bond donors (Lipinski definition) is 2. The van der Waals surface area contributed by atoms with Gasteiger partial charge in [-0.25, -0.2) is 9.78 Å². The Morgan fingerprint density at radius 1 is 1.73 bits per heavy atom. The molecule has 0 radical (unpaired) electrons. The number of carboxylic acids is 1. The molecule has 6 heteroatoms. The number of aromatic nitrogens is 2. The number of aryl methyl sites for hydroxylation is 1. The summed E-state index contributed by atoms with van der Waals surface area (Å²) in [6.45, 7) is 2.30. The summed E-state index contributed by atoms with van der Waals surface area (Å²) in [5, 5.41) is 17.5. The summed E-state index contributed by atoms with van der Waals surface area (Å²) in [7, 11) is 0. The molecule has 1 unspecified atom stereocenters. The van der Waals surface area contributed by atoms with Crippen molar-refractivity contribution in [3.63, 3.8) is 0 Å². The Morgan fingerprint density at radius 3 is 3.00 bits per heavy atom. The molecule has 0 fully saturated rings. The van der Waals surface area contributed by atoms with Crippen LogP contribution in [0.4, 0.5) is 0 Å². The molecule has 0 aromatic carbocycles. The predicted octanol–water partition coefficient (Wildman–Crippen LogP) is 0.0376. The lowest BCUT2D eigenvalue weighted by Gasteiger charge is -2.14. The second-order valence-electron chi connectivity index (χ2n) is 2.92. The standard InChI is InChI=1S/C9H14N2O4/c1-2-11-6-10-5-7(11)8(9(13)14)15-4-3-12/h5-6,8,12H,2-4H2,1H3,(H,13,14). The minimum atomic E-state index is -1.08. The molecule has 15 heavy (non-hydrogen) atoms. The smallest absolute Gasteiger partial charge is 0.339 e. The van der Waals surface area contributed by atoms with Crippen LogP contribution in [-0.2, 0) is 16.1 Å². The summed E-state index contributed by atoms with van der Waals surface area (Å²) in [4.78, 5) is 14.8. The number of carboxylic acid groups (broad SMARTS) is 1. The molecule has 0 aliphatic rings. The normalized spacial score (nSPS) is 12.7. The van der Waals surface area contributed by atoms with Crippen molar-refractivity contribution in [2.24, 2.45) is 0 Å². The van der Waals surface area contributed by atoms with E-state index in [9.17, 15) is 4.79 Å². The Balaban J connectivity index is 2.83. The van der Waals surface area contributed by atoms with E-state index in [4.69, 9.17) is 14.9 Å². The number of hydrogen-bond acceptors (Lipinski definition) is 4. The molecule has 0 aliphatic carbocycles. The van der Waals surface area contributed by atoms with Crippen LogP contribution >= 0.6 is 0 Å². The molecule has 0 saturated carbocycles. The molecule has 1 aromatic heterocycles. The number of aliphatic hydroxyl groups is 1. The highest BCUT2D eigenvalue weighted by atomic mass is 16.5. The summed E-state index contributed by atoms with van der Waals surface area (Å²) in [6.07, 6.45) is 1.94. The zero-order chi connectivity index (χ0) is 11.3. The first-order valence-corrected chi connectivity index (χ1v) is 4.66. The predicted molar refractivity (Wildman–Crippen MR) is 51.3 cm³/mol. The molecule has 0 spiro atoms. The monoisotopic (exact) mass is 214 g/mol. The van der Waals surface area contributed by atoms with Crippen LogP contribution in [0.25, 0.3) is 0 Å².